The van der Waals surface area contributed by atoms with E-state index in [1.165, 1.54) is 58.4 Å². The first-order valence-electron chi connectivity index (χ1n) is 8.08. The van der Waals surface area contributed by atoms with Crippen molar-refractivity contribution in [3.63, 3.8) is 0 Å². The number of nitrogens with zero attached hydrogens (tertiary/aromatic N) is 1. The number of hydrogen-bond acceptors (Lipinski definition) is 2. The molecule has 1 saturated heterocycles. The molecule has 1 heterocycles. The van der Waals surface area contributed by atoms with Gasteiger partial charge in [-0.1, -0.05) is 40.5 Å². The molecular formula is C16H34N2. The summed E-state index contributed by atoms with van der Waals surface area (Å²) in [5.74, 6) is 2.61. The normalized spacial score (nSPS) is 19.0. The zero-order valence-electron chi connectivity index (χ0n) is 13.0. The van der Waals surface area contributed by atoms with Gasteiger partial charge in [0.05, 0.1) is 0 Å². The van der Waals surface area contributed by atoms with Gasteiger partial charge in [-0.05, 0) is 56.8 Å². The van der Waals surface area contributed by atoms with E-state index in [9.17, 15) is 0 Å². The van der Waals surface area contributed by atoms with Crippen LogP contribution in [0, 0.1) is 17.8 Å². The molecule has 0 radical (unpaired) electrons. The molecule has 0 aromatic carbocycles. The van der Waals surface area contributed by atoms with Crippen molar-refractivity contribution in [3.8, 4) is 0 Å². The Labute approximate surface area is 115 Å². The van der Waals surface area contributed by atoms with Crippen LogP contribution in [0.15, 0.2) is 0 Å². The predicted octanol–water partition coefficient (Wildman–Crippen LogP) is 3.38. The third-order valence-electron chi connectivity index (χ3n) is 4.36. The van der Waals surface area contributed by atoms with Crippen molar-refractivity contribution in [1.82, 2.24) is 10.2 Å². The second kappa shape index (κ2) is 8.92. The van der Waals surface area contributed by atoms with E-state index >= 15 is 0 Å². The van der Waals surface area contributed by atoms with Gasteiger partial charge in [-0.2, -0.15) is 0 Å². The summed E-state index contributed by atoms with van der Waals surface area (Å²) in [4.78, 5) is 2.69. The molecule has 108 valence electrons. The smallest absolute Gasteiger partial charge is 0.000946 e. The molecule has 0 aliphatic carbocycles. The number of likely N-dealkylation sites (tertiary alicyclic amines) is 1. The van der Waals surface area contributed by atoms with Gasteiger partial charge in [-0.15, -0.1) is 0 Å². The first-order chi connectivity index (χ1) is 8.65. The highest BCUT2D eigenvalue weighted by molar-refractivity contribution is 4.75. The number of rotatable bonds is 8. The lowest BCUT2D eigenvalue weighted by Crippen LogP contribution is -2.40. The third-order valence-corrected chi connectivity index (χ3v) is 4.36. The topological polar surface area (TPSA) is 15.3 Å². The van der Waals surface area contributed by atoms with E-state index in [2.05, 4.69) is 37.9 Å². The van der Waals surface area contributed by atoms with Gasteiger partial charge in [0.15, 0.2) is 0 Å². The van der Waals surface area contributed by atoms with Crippen LogP contribution in [-0.4, -0.2) is 37.6 Å². The first kappa shape index (κ1) is 16.0. The van der Waals surface area contributed by atoms with E-state index in [0.29, 0.717) is 0 Å². The Bertz CT molecular complexity index is 191. The molecule has 0 aromatic rings. The average Bonchev–Trinajstić information content (AvgIpc) is 2.37. The van der Waals surface area contributed by atoms with Gasteiger partial charge in [0.2, 0.25) is 0 Å². The first-order valence-corrected chi connectivity index (χ1v) is 8.08. The highest BCUT2D eigenvalue weighted by Gasteiger charge is 2.20. The zero-order chi connectivity index (χ0) is 13.4. The average molecular weight is 254 g/mol. The summed E-state index contributed by atoms with van der Waals surface area (Å²) < 4.78 is 0. The Kier molecular flexibility index (Phi) is 7.92. The van der Waals surface area contributed by atoms with Crippen molar-refractivity contribution >= 4 is 0 Å². The third kappa shape index (κ3) is 6.19. The second-order valence-electron chi connectivity index (χ2n) is 6.48. The maximum atomic E-state index is 3.61. The molecule has 0 bridgehead atoms. The zero-order valence-corrected chi connectivity index (χ0v) is 13.0. The van der Waals surface area contributed by atoms with Crippen LogP contribution in [0.5, 0.6) is 0 Å². The second-order valence-corrected chi connectivity index (χ2v) is 6.48. The summed E-state index contributed by atoms with van der Waals surface area (Å²) in [5, 5.41) is 3.61. The van der Waals surface area contributed by atoms with Gasteiger partial charge >= 0.3 is 0 Å². The quantitative estimate of drug-likeness (QED) is 0.714. The fraction of sp³-hybridized carbons (Fsp3) is 1.00. The van der Waals surface area contributed by atoms with Crippen LogP contribution in [0.2, 0.25) is 0 Å². The molecule has 18 heavy (non-hydrogen) atoms. The van der Waals surface area contributed by atoms with Crippen LogP contribution < -0.4 is 5.32 Å². The van der Waals surface area contributed by atoms with Crippen LogP contribution in [0.1, 0.15) is 53.4 Å². The number of piperidine rings is 1. The fourth-order valence-corrected chi connectivity index (χ4v) is 2.86. The summed E-state index contributed by atoms with van der Waals surface area (Å²) in [6.07, 6.45) is 5.47. The molecular weight excluding hydrogens is 220 g/mol. The van der Waals surface area contributed by atoms with Crippen LogP contribution in [0.4, 0.5) is 0 Å². The Morgan fingerprint density at radius 2 is 1.72 bits per heavy atom. The Morgan fingerprint density at radius 3 is 2.22 bits per heavy atom. The van der Waals surface area contributed by atoms with Crippen LogP contribution in [0.3, 0.4) is 0 Å². The maximum absolute atomic E-state index is 3.61. The molecule has 1 fully saturated rings. The van der Waals surface area contributed by atoms with E-state index in [-0.39, 0.29) is 0 Å². The molecule has 0 atom stereocenters. The molecule has 2 heteroatoms. The van der Waals surface area contributed by atoms with Crippen molar-refractivity contribution in [2.45, 2.75) is 53.4 Å². The molecule has 1 rings (SSSR count). The molecule has 0 spiro atoms. The molecule has 0 aromatic heterocycles. The lowest BCUT2D eigenvalue weighted by Gasteiger charge is -2.34. The van der Waals surface area contributed by atoms with Crippen LogP contribution >= 0.6 is 0 Å². The monoisotopic (exact) mass is 254 g/mol. The van der Waals surface area contributed by atoms with Crippen molar-refractivity contribution in [2.24, 2.45) is 17.8 Å². The van der Waals surface area contributed by atoms with Gasteiger partial charge in [0, 0.05) is 6.54 Å². The van der Waals surface area contributed by atoms with Crippen LogP contribution in [0.25, 0.3) is 0 Å². The van der Waals surface area contributed by atoms with Crippen LogP contribution in [-0.2, 0) is 0 Å². The maximum Gasteiger partial charge on any atom is 0.000946 e. The van der Waals surface area contributed by atoms with Gasteiger partial charge in [-0.25, -0.2) is 0 Å². The molecule has 1 N–H and O–H groups in total. The minimum atomic E-state index is 0.778. The molecule has 0 saturated carbocycles. The minimum Gasteiger partial charge on any atom is -0.316 e. The highest BCUT2D eigenvalue weighted by Crippen LogP contribution is 2.19. The summed E-state index contributed by atoms with van der Waals surface area (Å²) in [6, 6.07) is 0. The molecule has 0 amide bonds. The molecule has 1 aliphatic heterocycles. The number of hydrogen-bond donors (Lipinski definition) is 1. The summed E-state index contributed by atoms with van der Waals surface area (Å²) in [6.45, 7) is 15.6. The highest BCUT2D eigenvalue weighted by atomic mass is 15.1. The Balaban J connectivity index is 2.12. The molecule has 0 unspecified atom stereocenters. The summed E-state index contributed by atoms with van der Waals surface area (Å²) in [5.41, 5.74) is 0. The Hall–Kier alpha value is -0.0800. The van der Waals surface area contributed by atoms with Crippen molar-refractivity contribution < 1.29 is 0 Å². The van der Waals surface area contributed by atoms with E-state index in [1.54, 1.807) is 0 Å². The van der Waals surface area contributed by atoms with E-state index < -0.39 is 0 Å². The predicted molar refractivity (Wildman–Crippen MR) is 80.9 cm³/mol. The van der Waals surface area contributed by atoms with Gasteiger partial charge < -0.3 is 10.2 Å². The van der Waals surface area contributed by atoms with Gasteiger partial charge in [-0.3, -0.25) is 0 Å². The standard InChI is InChI=1S/C16H34N2/c1-5-15(6-2)13-18-9-7-16(8-10-18)12-17-11-14(3)4/h14-17H,5-13H2,1-4H3. The minimum absolute atomic E-state index is 0.778. The fourth-order valence-electron chi connectivity index (χ4n) is 2.86. The van der Waals surface area contributed by atoms with Gasteiger partial charge in [0.1, 0.15) is 0 Å². The summed E-state index contributed by atoms with van der Waals surface area (Å²) >= 11 is 0. The molecule has 1 aliphatic rings. The van der Waals surface area contributed by atoms with Crippen molar-refractivity contribution in [2.75, 3.05) is 32.7 Å². The van der Waals surface area contributed by atoms with E-state index in [1.807, 2.05) is 0 Å². The van der Waals surface area contributed by atoms with Gasteiger partial charge in [0.25, 0.3) is 0 Å². The SMILES string of the molecule is CCC(CC)CN1CCC(CNCC(C)C)CC1. The molecule has 2 nitrogen and oxygen atoms in total. The lowest BCUT2D eigenvalue weighted by atomic mass is 9.94. The van der Waals surface area contributed by atoms with Crippen molar-refractivity contribution in [3.05, 3.63) is 0 Å². The van der Waals surface area contributed by atoms with Crippen molar-refractivity contribution in [1.29, 1.82) is 0 Å². The number of nitrogens with one attached hydrogen (secondary N) is 1. The van der Waals surface area contributed by atoms with E-state index in [0.717, 1.165) is 17.8 Å². The largest absolute Gasteiger partial charge is 0.316 e. The summed E-state index contributed by atoms with van der Waals surface area (Å²) in [7, 11) is 0. The lowest BCUT2D eigenvalue weighted by molar-refractivity contribution is 0.155. The van der Waals surface area contributed by atoms with E-state index in [4.69, 9.17) is 0 Å². The Morgan fingerprint density at radius 1 is 1.11 bits per heavy atom.